The van der Waals surface area contributed by atoms with E-state index in [1.54, 1.807) is 37.5 Å². The van der Waals surface area contributed by atoms with Gasteiger partial charge in [-0.15, -0.1) is 0 Å². The summed E-state index contributed by atoms with van der Waals surface area (Å²) in [5.41, 5.74) is 4.16. The van der Waals surface area contributed by atoms with Crippen molar-refractivity contribution in [2.45, 2.75) is 20.8 Å². The Balaban J connectivity index is 0.00000145. The van der Waals surface area contributed by atoms with E-state index in [1.807, 2.05) is 32.8 Å². The van der Waals surface area contributed by atoms with Crippen molar-refractivity contribution in [3.8, 4) is 0 Å². The summed E-state index contributed by atoms with van der Waals surface area (Å²) in [7, 11) is 3.80. The van der Waals surface area contributed by atoms with Crippen molar-refractivity contribution < 1.29 is 18.4 Å². The monoisotopic (exact) mass is 402 g/mol. The summed E-state index contributed by atoms with van der Waals surface area (Å²) in [6.07, 6.45) is 3.11. The van der Waals surface area contributed by atoms with Crippen LogP contribution in [0.4, 0.5) is 15.8 Å². The molecule has 0 atom stereocenters. The lowest BCUT2D eigenvalue weighted by atomic mass is 10.2. The fraction of sp³-hybridized carbons (Fsp3) is 0.333. The fourth-order valence-corrected chi connectivity index (χ4v) is 2.47. The van der Waals surface area contributed by atoms with Gasteiger partial charge in [0.1, 0.15) is 17.1 Å². The van der Waals surface area contributed by atoms with Crippen LogP contribution in [0.3, 0.4) is 0 Å². The van der Waals surface area contributed by atoms with Crippen molar-refractivity contribution in [1.29, 1.82) is 0 Å². The molecule has 0 bridgehead atoms. The lowest BCUT2D eigenvalue weighted by Crippen LogP contribution is -2.28. The second-order valence-electron chi connectivity index (χ2n) is 6.37. The Kier molecular flexibility index (Phi) is 8.11. The number of hydroxylamine groups is 1. The molecule has 0 spiro atoms. The standard InChI is InChI=1S/C19H21FN4O3.C2H6/c1-12-4-5-15(14(20)10-12)22-17-13-11-21-7-6-16(13)27-18(17)19(25)23-26-9-8-24(2)3;1-2/h4-7,10-11,22H,8-9H2,1-3H3,(H,23,25);1-2H3. The van der Waals surface area contributed by atoms with Crippen LogP contribution in [0.1, 0.15) is 30.0 Å². The first-order chi connectivity index (χ1) is 14.0. The summed E-state index contributed by atoms with van der Waals surface area (Å²) < 4.78 is 19.9. The van der Waals surface area contributed by atoms with E-state index >= 15 is 0 Å². The molecule has 0 saturated heterocycles. The zero-order valence-electron chi connectivity index (χ0n) is 17.4. The molecule has 1 aromatic carbocycles. The summed E-state index contributed by atoms with van der Waals surface area (Å²) in [6, 6.07) is 6.42. The molecule has 3 aromatic rings. The average molecular weight is 402 g/mol. The van der Waals surface area contributed by atoms with Gasteiger partial charge in [-0.1, -0.05) is 19.9 Å². The van der Waals surface area contributed by atoms with E-state index in [2.05, 4.69) is 15.8 Å². The molecule has 1 amide bonds. The molecule has 0 saturated carbocycles. The number of nitrogens with one attached hydrogen (secondary N) is 2. The molecule has 0 radical (unpaired) electrons. The molecule has 0 aliphatic rings. The molecule has 156 valence electrons. The number of likely N-dealkylation sites (N-methyl/N-ethyl adjacent to an activating group) is 1. The normalized spacial score (nSPS) is 10.6. The summed E-state index contributed by atoms with van der Waals surface area (Å²) in [5.74, 6) is -1.01. The van der Waals surface area contributed by atoms with Crippen molar-refractivity contribution in [2.24, 2.45) is 0 Å². The predicted molar refractivity (Wildman–Crippen MR) is 112 cm³/mol. The molecule has 0 unspecified atom stereocenters. The van der Waals surface area contributed by atoms with E-state index in [-0.39, 0.29) is 11.4 Å². The highest BCUT2D eigenvalue weighted by atomic mass is 19.1. The quantitative estimate of drug-likeness (QED) is 0.454. The maximum Gasteiger partial charge on any atom is 0.312 e. The van der Waals surface area contributed by atoms with Gasteiger partial charge in [0.05, 0.1) is 17.7 Å². The van der Waals surface area contributed by atoms with Crippen molar-refractivity contribution >= 4 is 28.3 Å². The Morgan fingerprint density at radius 3 is 2.72 bits per heavy atom. The van der Waals surface area contributed by atoms with E-state index < -0.39 is 11.7 Å². The number of nitrogens with zero attached hydrogens (tertiary/aromatic N) is 2. The van der Waals surface area contributed by atoms with Crippen LogP contribution >= 0.6 is 0 Å². The number of hydrogen-bond donors (Lipinski definition) is 2. The number of halogens is 1. The molecule has 8 heteroatoms. The predicted octanol–water partition coefficient (Wildman–Crippen LogP) is 4.27. The largest absolute Gasteiger partial charge is 0.448 e. The smallest absolute Gasteiger partial charge is 0.312 e. The van der Waals surface area contributed by atoms with Crippen molar-refractivity contribution in [3.63, 3.8) is 0 Å². The van der Waals surface area contributed by atoms with Gasteiger partial charge in [0.2, 0.25) is 5.76 Å². The number of amides is 1. The summed E-state index contributed by atoms with van der Waals surface area (Å²) in [5, 5.41) is 3.51. The van der Waals surface area contributed by atoms with Crippen LogP contribution in [0, 0.1) is 12.7 Å². The minimum absolute atomic E-state index is 0.0113. The van der Waals surface area contributed by atoms with Gasteiger partial charge in [-0.3, -0.25) is 14.6 Å². The van der Waals surface area contributed by atoms with Gasteiger partial charge < -0.3 is 14.6 Å². The van der Waals surface area contributed by atoms with Crippen molar-refractivity contribution in [2.75, 3.05) is 32.6 Å². The molecule has 0 aliphatic heterocycles. The molecule has 3 rings (SSSR count). The summed E-state index contributed by atoms with van der Waals surface area (Å²) in [6.45, 7) is 6.76. The highest BCUT2D eigenvalue weighted by molar-refractivity contribution is 6.06. The Bertz CT molecular complexity index is 956. The number of carbonyl (C=O) groups excluding carboxylic acids is 1. The number of furan rings is 1. The average Bonchev–Trinajstić information content (AvgIpc) is 3.07. The van der Waals surface area contributed by atoms with Crippen molar-refractivity contribution in [1.82, 2.24) is 15.4 Å². The zero-order valence-corrected chi connectivity index (χ0v) is 17.4. The topological polar surface area (TPSA) is 79.6 Å². The van der Waals surface area contributed by atoms with E-state index in [1.165, 1.54) is 6.07 Å². The van der Waals surface area contributed by atoms with E-state index in [0.717, 1.165) is 5.56 Å². The van der Waals surface area contributed by atoms with E-state index in [9.17, 15) is 9.18 Å². The lowest BCUT2D eigenvalue weighted by Gasteiger charge is -2.11. The maximum atomic E-state index is 14.3. The van der Waals surface area contributed by atoms with E-state index in [4.69, 9.17) is 9.25 Å². The Hall–Kier alpha value is -2.97. The lowest BCUT2D eigenvalue weighted by molar-refractivity contribution is 0.0244. The number of pyridine rings is 1. The van der Waals surface area contributed by atoms with Crippen LogP contribution in [0.15, 0.2) is 41.1 Å². The number of aromatic nitrogens is 1. The number of anilines is 2. The van der Waals surface area contributed by atoms with Crippen LogP contribution < -0.4 is 10.8 Å². The summed E-state index contributed by atoms with van der Waals surface area (Å²) >= 11 is 0. The number of aryl methyl sites for hydroxylation is 1. The molecule has 0 aliphatic carbocycles. The third kappa shape index (κ3) is 5.75. The number of carbonyl (C=O) groups is 1. The van der Waals surface area contributed by atoms with Gasteiger partial charge in [0.25, 0.3) is 0 Å². The van der Waals surface area contributed by atoms with Gasteiger partial charge >= 0.3 is 5.91 Å². The molecule has 2 N–H and O–H groups in total. The first-order valence-electron chi connectivity index (χ1n) is 9.42. The van der Waals surface area contributed by atoms with Crippen LogP contribution in [0.25, 0.3) is 11.0 Å². The first-order valence-corrected chi connectivity index (χ1v) is 9.42. The number of hydrogen-bond acceptors (Lipinski definition) is 6. The Labute approximate surface area is 169 Å². The van der Waals surface area contributed by atoms with Crippen LogP contribution in [-0.4, -0.2) is 43.0 Å². The molecule has 2 heterocycles. The number of rotatable bonds is 7. The number of benzene rings is 1. The van der Waals surface area contributed by atoms with E-state index in [0.29, 0.717) is 29.8 Å². The van der Waals surface area contributed by atoms with Crippen LogP contribution in [0.5, 0.6) is 0 Å². The zero-order chi connectivity index (χ0) is 21.4. The minimum atomic E-state index is -0.569. The SMILES string of the molecule is CC.Cc1ccc(Nc2c(C(=O)NOCCN(C)C)oc3ccncc23)c(F)c1. The number of fused-ring (bicyclic) bond motifs is 1. The third-order valence-electron chi connectivity index (χ3n) is 3.89. The maximum absolute atomic E-state index is 14.3. The van der Waals surface area contributed by atoms with Gasteiger partial charge in [-0.05, 0) is 44.8 Å². The third-order valence-corrected chi connectivity index (χ3v) is 3.89. The highest BCUT2D eigenvalue weighted by Gasteiger charge is 2.22. The van der Waals surface area contributed by atoms with Gasteiger partial charge in [0, 0.05) is 18.9 Å². The minimum Gasteiger partial charge on any atom is -0.448 e. The first kappa shape index (κ1) is 22.3. The van der Waals surface area contributed by atoms with Crippen LogP contribution in [0.2, 0.25) is 0 Å². The molecular formula is C21H27FN4O3. The van der Waals surface area contributed by atoms with Gasteiger partial charge in [0.15, 0.2) is 0 Å². The van der Waals surface area contributed by atoms with Gasteiger partial charge in [-0.25, -0.2) is 9.87 Å². The molecule has 2 aromatic heterocycles. The van der Waals surface area contributed by atoms with Gasteiger partial charge in [-0.2, -0.15) is 0 Å². The highest BCUT2D eigenvalue weighted by Crippen LogP contribution is 2.33. The molecule has 0 fully saturated rings. The van der Waals surface area contributed by atoms with Crippen molar-refractivity contribution in [3.05, 3.63) is 53.8 Å². The van der Waals surface area contributed by atoms with Crippen LogP contribution in [-0.2, 0) is 4.84 Å². The Morgan fingerprint density at radius 1 is 1.28 bits per heavy atom. The summed E-state index contributed by atoms with van der Waals surface area (Å²) in [4.78, 5) is 23.7. The molecule has 7 nitrogen and oxygen atoms in total. The molecule has 29 heavy (non-hydrogen) atoms. The second kappa shape index (κ2) is 10.5. The fourth-order valence-electron chi connectivity index (χ4n) is 2.47. The second-order valence-corrected chi connectivity index (χ2v) is 6.37. The molecular weight excluding hydrogens is 375 g/mol. The Morgan fingerprint density at radius 2 is 2.03 bits per heavy atom.